The maximum Gasteiger partial charge on any atom is 0.167 e. The molecule has 1 unspecified atom stereocenters. The van der Waals surface area contributed by atoms with Gasteiger partial charge in [-0.15, -0.1) is 0 Å². The molecule has 0 aromatic heterocycles. The third-order valence-corrected chi connectivity index (χ3v) is 3.80. The maximum atomic E-state index is 12.2. The minimum atomic E-state index is 0.218. The molecule has 2 aliphatic rings. The van der Waals surface area contributed by atoms with Crippen molar-refractivity contribution in [2.45, 2.75) is 19.3 Å². The predicted molar refractivity (Wildman–Crippen MR) is 63.6 cm³/mol. The van der Waals surface area contributed by atoms with E-state index in [1.54, 1.807) is 0 Å². The fraction of sp³-hybridized carbons (Fsp3) is 0.500. The molecule has 0 radical (unpaired) electrons. The molecule has 3 rings (SSSR count). The van der Waals surface area contributed by atoms with Crippen molar-refractivity contribution >= 4 is 5.78 Å². The van der Waals surface area contributed by atoms with E-state index < -0.39 is 0 Å². The molecule has 0 amide bonds. The van der Waals surface area contributed by atoms with Crippen LogP contribution in [0, 0.1) is 5.92 Å². The second kappa shape index (κ2) is 4.02. The highest BCUT2D eigenvalue weighted by Gasteiger charge is 2.31. The summed E-state index contributed by atoms with van der Waals surface area (Å²) in [7, 11) is 0. The molecule has 1 aromatic carbocycles. The Hall–Kier alpha value is -1.15. The number of hydrogen-bond acceptors (Lipinski definition) is 2. The summed E-state index contributed by atoms with van der Waals surface area (Å²) in [5.74, 6) is 0.581. The van der Waals surface area contributed by atoms with Gasteiger partial charge in [0.2, 0.25) is 0 Å². The summed E-state index contributed by atoms with van der Waals surface area (Å²) >= 11 is 0. The number of ketones is 1. The van der Waals surface area contributed by atoms with Gasteiger partial charge in [0.05, 0.1) is 0 Å². The Labute approximate surface area is 96.3 Å². The number of benzene rings is 1. The van der Waals surface area contributed by atoms with E-state index in [9.17, 15) is 4.79 Å². The second-order valence-corrected chi connectivity index (χ2v) is 4.93. The van der Waals surface area contributed by atoms with Crippen LogP contribution in [-0.4, -0.2) is 30.3 Å². The Balaban J connectivity index is 1.74. The number of carbonyl (C=O) groups excluding carboxylic acids is 1. The molecule has 2 nitrogen and oxygen atoms in total. The Morgan fingerprint density at radius 1 is 1.19 bits per heavy atom. The van der Waals surface area contributed by atoms with Crippen LogP contribution in [0.3, 0.4) is 0 Å². The minimum absolute atomic E-state index is 0.218. The Bertz CT molecular complexity index is 407. The summed E-state index contributed by atoms with van der Waals surface area (Å²) in [6.45, 7) is 3.33. The Kier molecular flexibility index (Phi) is 2.52. The highest BCUT2D eigenvalue weighted by molar-refractivity contribution is 6.02. The lowest BCUT2D eigenvalue weighted by molar-refractivity contribution is 0.0909. The number of fused-ring (bicyclic) bond motifs is 1. The van der Waals surface area contributed by atoms with Gasteiger partial charge in [0, 0.05) is 18.0 Å². The largest absolute Gasteiger partial charge is 0.303 e. The molecule has 1 fully saturated rings. The molecule has 2 heteroatoms. The van der Waals surface area contributed by atoms with Gasteiger partial charge < -0.3 is 4.90 Å². The highest BCUT2D eigenvalue weighted by Crippen LogP contribution is 2.27. The molecule has 0 saturated carbocycles. The Morgan fingerprint density at radius 3 is 2.69 bits per heavy atom. The molecule has 1 saturated heterocycles. The summed E-state index contributed by atoms with van der Waals surface area (Å²) in [6.07, 6.45) is 3.55. The maximum absolute atomic E-state index is 12.2. The molecule has 1 aliphatic heterocycles. The third-order valence-electron chi connectivity index (χ3n) is 3.80. The van der Waals surface area contributed by atoms with Crippen LogP contribution in [0.25, 0.3) is 0 Å². The first-order valence-corrected chi connectivity index (χ1v) is 6.19. The van der Waals surface area contributed by atoms with Crippen LogP contribution in [0.1, 0.15) is 28.8 Å². The van der Waals surface area contributed by atoms with Crippen molar-refractivity contribution < 1.29 is 4.79 Å². The molecular weight excluding hydrogens is 198 g/mol. The SMILES string of the molecule is O=C1c2ccccc2CC1CN1CCCC1. The van der Waals surface area contributed by atoms with Crippen LogP contribution in [0.5, 0.6) is 0 Å². The number of rotatable bonds is 2. The number of carbonyl (C=O) groups is 1. The fourth-order valence-corrected chi connectivity index (χ4v) is 2.94. The van der Waals surface area contributed by atoms with Crippen molar-refractivity contribution in [1.29, 1.82) is 0 Å². The normalized spacial score (nSPS) is 25.0. The fourth-order valence-electron chi connectivity index (χ4n) is 2.94. The molecule has 1 atom stereocenters. The van der Waals surface area contributed by atoms with Crippen LogP contribution in [0.15, 0.2) is 24.3 Å². The van der Waals surface area contributed by atoms with E-state index in [1.165, 1.54) is 31.5 Å². The molecule has 16 heavy (non-hydrogen) atoms. The van der Waals surface area contributed by atoms with Gasteiger partial charge in [-0.2, -0.15) is 0 Å². The molecule has 0 bridgehead atoms. The molecule has 0 N–H and O–H groups in total. The van der Waals surface area contributed by atoms with Gasteiger partial charge in [-0.1, -0.05) is 24.3 Å². The first-order valence-electron chi connectivity index (χ1n) is 6.19. The summed E-state index contributed by atoms with van der Waals surface area (Å²) in [4.78, 5) is 14.6. The number of hydrogen-bond donors (Lipinski definition) is 0. The van der Waals surface area contributed by atoms with Gasteiger partial charge in [0.15, 0.2) is 5.78 Å². The molecule has 84 valence electrons. The minimum Gasteiger partial charge on any atom is -0.303 e. The van der Waals surface area contributed by atoms with Crippen molar-refractivity contribution in [1.82, 2.24) is 4.90 Å². The first kappa shape index (κ1) is 10.0. The van der Waals surface area contributed by atoms with Gasteiger partial charge in [-0.3, -0.25) is 4.79 Å². The number of nitrogens with zero attached hydrogens (tertiary/aromatic N) is 1. The zero-order valence-corrected chi connectivity index (χ0v) is 9.48. The van der Waals surface area contributed by atoms with Crippen molar-refractivity contribution in [3.63, 3.8) is 0 Å². The van der Waals surface area contributed by atoms with Crippen molar-refractivity contribution in [2.24, 2.45) is 5.92 Å². The zero-order chi connectivity index (χ0) is 11.0. The number of Topliss-reactive ketones (excluding diaryl/α,β-unsaturated/α-hetero) is 1. The molecule has 1 aliphatic carbocycles. The second-order valence-electron chi connectivity index (χ2n) is 4.93. The van der Waals surface area contributed by atoms with E-state index >= 15 is 0 Å². The third kappa shape index (κ3) is 1.67. The average molecular weight is 215 g/mol. The summed E-state index contributed by atoms with van der Waals surface area (Å²) in [5.41, 5.74) is 2.21. The lowest BCUT2D eigenvalue weighted by atomic mass is 10.0. The summed E-state index contributed by atoms with van der Waals surface area (Å²) in [6, 6.07) is 8.07. The van der Waals surface area contributed by atoms with Crippen LogP contribution >= 0.6 is 0 Å². The average Bonchev–Trinajstić information content (AvgIpc) is 2.90. The van der Waals surface area contributed by atoms with Crippen LogP contribution in [0.2, 0.25) is 0 Å². The molecule has 0 spiro atoms. The molecule has 1 heterocycles. The van der Waals surface area contributed by atoms with E-state index in [2.05, 4.69) is 11.0 Å². The zero-order valence-electron chi connectivity index (χ0n) is 9.48. The molecular formula is C14H17NO. The van der Waals surface area contributed by atoms with Gasteiger partial charge in [0.1, 0.15) is 0 Å². The van der Waals surface area contributed by atoms with Gasteiger partial charge in [-0.05, 0) is 37.9 Å². The van der Waals surface area contributed by atoms with E-state index in [1.807, 2.05) is 18.2 Å². The van der Waals surface area contributed by atoms with Crippen molar-refractivity contribution in [2.75, 3.05) is 19.6 Å². The first-order chi connectivity index (χ1) is 7.84. The summed E-state index contributed by atoms with van der Waals surface area (Å²) in [5, 5.41) is 0. The van der Waals surface area contributed by atoms with Gasteiger partial charge >= 0.3 is 0 Å². The summed E-state index contributed by atoms with van der Waals surface area (Å²) < 4.78 is 0. The Morgan fingerprint density at radius 2 is 1.94 bits per heavy atom. The van der Waals surface area contributed by atoms with Crippen molar-refractivity contribution in [3.05, 3.63) is 35.4 Å². The van der Waals surface area contributed by atoms with Gasteiger partial charge in [0.25, 0.3) is 0 Å². The van der Waals surface area contributed by atoms with E-state index in [4.69, 9.17) is 0 Å². The van der Waals surface area contributed by atoms with E-state index in [0.717, 1.165) is 18.5 Å². The highest BCUT2D eigenvalue weighted by atomic mass is 16.1. The van der Waals surface area contributed by atoms with Crippen LogP contribution in [-0.2, 0) is 6.42 Å². The topological polar surface area (TPSA) is 20.3 Å². The lowest BCUT2D eigenvalue weighted by Gasteiger charge is -2.18. The molecule has 1 aromatic rings. The lowest BCUT2D eigenvalue weighted by Crippen LogP contribution is -2.29. The van der Waals surface area contributed by atoms with Crippen LogP contribution in [0.4, 0.5) is 0 Å². The monoisotopic (exact) mass is 215 g/mol. The standard InChI is InChI=1S/C14H17NO/c16-14-12(10-15-7-3-4-8-15)9-11-5-1-2-6-13(11)14/h1-2,5-6,12H,3-4,7-10H2. The van der Waals surface area contributed by atoms with Crippen LogP contribution < -0.4 is 0 Å². The van der Waals surface area contributed by atoms with E-state index in [0.29, 0.717) is 5.78 Å². The quantitative estimate of drug-likeness (QED) is 0.753. The smallest absolute Gasteiger partial charge is 0.167 e. The number of likely N-dealkylation sites (tertiary alicyclic amines) is 1. The van der Waals surface area contributed by atoms with Gasteiger partial charge in [-0.25, -0.2) is 0 Å². The predicted octanol–water partition coefficient (Wildman–Crippen LogP) is 2.14. The van der Waals surface area contributed by atoms with E-state index in [-0.39, 0.29) is 5.92 Å². The van der Waals surface area contributed by atoms with Crippen molar-refractivity contribution in [3.8, 4) is 0 Å².